The van der Waals surface area contributed by atoms with Gasteiger partial charge in [-0.2, -0.15) is 0 Å². The van der Waals surface area contributed by atoms with Gasteiger partial charge in [-0.05, 0) is 6.42 Å². The third-order valence-electron chi connectivity index (χ3n) is 3.00. The molecule has 15 heavy (non-hydrogen) atoms. The van der Waals surface area contributed by atoms with E-state index >= 15 is 0 Å². The highest BCUT2D eigenvalue weighted by atomic mass is 14.8. The van der Waals surface area contributed by atoms with Gasteiger partial charge < -0.3 is 0 Å². The molecule has 1 aromatic heterocycles. The Morgan fingerprint density at radius 3 is 1.73 bits per heavy atom. The average molecular weight is 206 g/mol. The Bertz CT molecular complexity index is 317. The van der Waals surface area contributed by atoms with E-state index in [2.05, 4.69) is 51.5 Å². The summed E-state index contributed by atoms with van der Waals surface area (Å²) in [6.07, 6.45) is 4.91. The van der Waals surface area contributed by atoms with Crippen LogP contribution < -0.4 is 0 Å². The first-order valence-corrected chi connectivity index (χ1v) is 5.60. The summed E-state index contributed by atoms with van der Waals surface area (Å²) in [4.78, 5) is 9.03. The predicted molar refractivity (Wildman–Crippen MR) is 64.0 cm³/mol. The molecule has 1 heterocycles. The number of rotatable bonds is 2. The van der Waals surface area contributed by atoms with E-state index in [-0.39, 0.29) is 10.8 Å². The zero-order chi connectivity index (χ0) is 11.7. The van der Waals surface area contributed by atoms with Crippen LogP contribution in [0, 0.1) is 0 Å². The molecule has 1 rings (SSSR count). The van der Waals surface area contributed by atoms with Crippen molar-refractivity contribution in [2.75, 3.05) is 0 Å². The molecule has 0 fully saturated rings. The standard InChI is InChI=1S/C13H22N2/c1-7-13(5,6)11-9-14-10(8-15-11)12(2,3)4/h8-9H,7H2,1-6H3. The van der Waals surface area contributed by atoms with Crippen LogP contribution in [-0.4, -0.2) is 9.97 Å². The second kappa shape index (κ2) is 3.92. The van der Waals surface area contributed by atoms with Crippen LogP contribution in [0.4, 0.5) is 0 Å². The lowest BCUT2D eigenvalue weighted by Crippen LogP contribution is -2.20. The SMILES string of the molecule is CCC(C)(C)c1cnc(C(C)(C)C)cn1. The van der Waals surface area contributed by atoms with Crippen LogP contribution in [0.3, 0.4) is 0 Å². The Labute approximate surface area is 93.2 Å². The second-order valence-electron chi connectivity index (χ2n) is 5.77. The number of hydrogen-bond donors (Lipinski definition) is 0. The van der Waals surface area contributed by atoms with E-state index in [1.807, 2.05) is 12.4 Å². The van der Waals surface area contributed by atoms with Crippen molar-refractivity contribution in [2.45, 2.75) is 58.8 Å². The highest BCUT2D eigenvalue weighted by Gasteiger charge is 2.22. The maximum Gasteiger partial charge on any atom is 0.0642 e. The molecular formula is C13H22N2. The molecular weight excluding hydrogens is 184 g/mol. The lowest BCUT2D eigenvalue weighted by molar-refractivity contribution is 0.482. The summed E-state index contributed by atoms with van der Waals surface area (Å²) in [7, 11) is 0. The Kier molecular flexibility index (Phi) is 3.17. The lowest BCUT2D eigenvalue weighted by atomic mass is 9.86. The van der Waals surface area contributed by atoms with Gasteiger partial charge in [0.05, 0.1) is 11.4 Å². The van der Waals surface area contributed by atoms with Crippen LogP contribution in [0.2, 0.25) is 0 Å². The van der Waals surface area contributed by atoms with E-state index in [9.17, 15) is 0 Å². The highest BCUT2D eigenvalue weighted by molar-refractivity contribution is 5.15. The molecule has 0 amide bonds. The summed E-state index contributed by atoms with van der Waals surface area (Å²) in [5, 5.41) is 0. The first kappa shape index (κ1) is 12.2. The minimum Gasteiger partial charge on any atom is -0.257 e. The van der Waals surface area contributed by atoms with E-state index in [1.165, 1.54) is 0 Å². The van der Waals surface area contributed by atoms with Gasteiger partial charge >= 0.3 is 0 Å². The minimum absolute atomic E-state index is 0.0852. The van der Waals surface area contributed by atoms with Gasteiger partial charge in [-0.15, -0.1) is 0 Å². The molecule has 0 aliphatic carbocycles. The molecule has 0 radical (unpaired) electrons. The second-order valence-corrected chi connectivity index (χ2v) is 5.77. The van der Waals surface area contributed by atoms with Crippen molar-refractivity contribution in [3.8, 4) is 0 Å². The van der Waals surface area contributed by atoms with Crippen molar-refractivity contribution in [2.24, 2.45) is 0 Å². The van der Waals surface area contributed by atoms with E-state index in [0.29, 0.717) is 0 Å². The maximum absolute atomic E-state index is 4.53. The topological polar surface area (TPSA) is 25.8 Å². The zero-order valence-corrected chi connectivity index (χ0v) is 10.8. The van der Waals surface area contributed by atoms with Crippen LogP contribution >= 0.6 is 0 Å². The van der Waals surface area contributed by atoms with E-state index in [4.69, 9.17) is 0 Å². The molecule has 0 aliphatic heterocycles. The van der Waals surface area contributed by atoms with Gasteiger partial charge in [-0.1, -0.05) is 41.5 Å². The van der Waals surface area contributed by atoms with Crippen molar-refractivity contribution in [1.29, 1.82) is 0 Å². The van der Waals surface area contributed by atoms with E-state index in [0.717, 1.165) is 17.8 Å². The van der Waals surface area contributed by atoms with Crippen molar-refractivity contribution < 1.29 is 0 Å². The van der Waals surface area contributed by atoms with Gasteiger partial charge in [0.2, 0.25) is 0 Å². The van der Waals surface area contributed by atoms with Crippen LogP contribution in [0.15, 0.2) is 12.4 Å². The van der Waals surface area contributed by atoms with Crippen molar-refractivity contribution in [1.82, 2.24) is 9.97 Å². The molecule has 1 aromatic rings. The largest absolute Gasteiger partial charge is 0.257 e. The summed E-state index contributed by atoms with van der Waals surface area (Å²) < 4.78 is 0. The Morgan fingerprint density at radius 2 is 1.40 bits per heavy atom. The van der Waals surface area contributed by atoms with Crippen molar-refractivity contribution in [3.05, 3.63) is 23.8 Å². The molecule has 0 saturated heterocycles. The third kappa shape index (κ3) is 2.77. The van der Waals surface area contributed by atoms with Crippen molar-refractivity contribution in [3.63, 3.8) is 0 Å². The predicted octanol–water partition coefficient (Wildman–Crippen LogP) is 3.46. The first-order valence-electron chi connectivity index (χ1n) is 5.60. The summed E-state index contributed by atoms with van der Waals surface area (Å²) in [6.45, 7) is 13.0. The van der Waals surface area contributed by atoms with Crippen LogP contribution in [0.5, 0.6) is 0 Å². The monoisotopic (exact) mass is 206 g/mol. The lowest BCUT2D eigenvalue weighted by Gasteiger charge is -2.23. The minimum atomic E-state index is 0.0852. The molecule has 0 saturated carbocycles. The normalized spacial score (nSPS) is 12.9. The summed E-state index contributed by atoms with van der Waals surface area (Å²) >= 11 is 0. The fourth-order valence-electron chi connectivity index (χ4n) is 1.25. The highest BCUT2D eigenvalue weighted by Crippen LogP contribution is 2.25. The molecule has 2 heteroatoms. The van der Waals surface area contributed by atoms with Gasteiger partial charge in [-0.3, -0.25) is 9.97 Å². The fourth-order valence-corrected chi connectivity index (χ4v) is 1.25. The quantitative estimate of drug-likeness (QED) is 0.740. The summed E-state index contributed by atoms with van der Waals surface area (Å²) in [5.74, 6) is 0. The molecule has 0 bridgehead atoms. The molecule has 2 nitrogen and oxygen atoms in total. The molecule has 0 atom stereocenters. The molecule has 0 aromatic carbocycles. The maximum atomic E-state index is 4.53. The van der Waals surface area contributed by atoms with Gasteiger partial charge in [-0.25, -0.2) is 0 Å². The van der Waals surface area contributed by atoms with Gasteiger partial charge in [0.1, 0.15) is 0 Å². The van der Waals surface area contributed by atoms with E-state index in [1.54, 1.807) is 0 Å². The van der Waals surface area contributed by atoms with Crippen LogP contribution in [0.25, 0.3) is 0 Å². The molecule has 0 aliphatic rings. The summed E-state index contributed by atoms with van der Waals surface area (Å²) in [5.41, 5.74) is 2.35. The van der Waals surface area contributed by atoms with Crippen LogP contribution in [-0.2, 0) is 10.8 Å². The smallest absolute Gasteiger partial charge is 0.0642 e. The number of nitrogens with zero attached hydrogens (tertiary/aromatic N) is 2. The molecule has 0 spiro atoms. The third-order valence-corrected chi connectivity index (χ3v) is 3.00. The van der Waals surface area contributed by atoms with Gasteiger partial charge in [0.15, 0.2) is 0 Å². The Hall–Kier alpha value is -0.920. The number of aromatic nitrogens is 2. The fraction of sp³-hybridized carbons (Fsp3) is 0.692. The zero-order valence-electron chi connectivity index (χ0n) is 10.8. The summed E-state index contributed by atoms with van der Waals surface area (Å²) in [6, 6.07) is 0. The van der Waals surface area contributed by atoms with Crippen LogP contribution in [0.1, 0.15) is 59.4 Å². The first-order chi connectivity index (χ1) is 6.77. The molecule has 0 unspecified atom stereocenters. The van der Waals surface area contributed by atoms with Gasteiger partial charge in [0.25, 0.3) is 0 Å². The molecule has 84 valence electrons. The number of hydrogen-bond acceptors (Lipinski definition) is 2. The van der Waals surface area contributed by atoms with E-state index < -0.39 is 0 Å². The Balaban J connectivity index is 3.01. The Morgan fingerprint density at radius 1 is 0.933 bits per heavy atom. The molecule has 0 N–H and O–H groups in total. The van der Waals surface area contributed by atoms with Gasteiger partial charge in [0, 0.05) is 23.2 Å². The van der Waals surface area contributed by atoms with Crippen molar-refractivity contribution >= 4 is 0 Å². The average Bonchev–Trinajstić information content (AvgIpc) is 2.17.